The minimum atomic E-state index is 0.0115. The van der Waals surface area contributed by atoms with Crippen LogP contribution in [0.5, 0.6) is 0 Å². The lowest BCUT2D eigenvalue weighted by Gasteiger charge is -2.41. The van der Waals surface area contributed by atoms with E-state index in [1.165, 1.54) is 5.56 Å². The number of piperidine rings is 1. The molecule has 1 fully saturated rings. The van der Waals surface area contributed by atoms with Crippen LogP contribution in [0.25, 0.3) is 22.2 Å². The normalized spacial score (nSPS) is 18.4. The number of benzene rings is 2. The predicted molar refractivity (Wildman–Crippen MR) is 147 cm³/mol. The van der Waals surface area contributed by atoms with Crippen LogP contribution in [0.15, 0.2) is 65.4 Å². The monoisotopic (exact) mass is 526 g/mol. The van der Waals surface area contributed by atoms with Gasteiger partial charge in [0.1, 0.15) is 17.0 Å². The first-order valence-corrected chi connectivity index (χ1v) is 13.4. The molecule has 5 aromatic rings. The van der Waals surface area contributed by atoms with E-state index in [-0.39, 0.29) is 12.1 Å². The summed E-state index contributed by atoms with van der Waals surface area (Å²) in [5, 5.41) is 21.0. The lowest BCUT2D eigenvalue weighted by Crippen LogP contribution is -2.42. The summed E-state index contributed by atoms with van der Waals surface area (Å²) in [5.74, 6) is 0. The fraction of sp³-hybridized carbons (Fsp3) is 0.379. The van der Waals surface area contributed by atoms with E-state index in [9.17, 15) is 0 Å². The Balaban J connectivity index is 1.28. The van der Waals surface area contributed by atoms with E-state index in [4.69, 9.17) is 9.15 Å². The van der Waals surface area contributed by atoms with E-state index in [0.717, 1.165) is 65.1 Å². The summed E-state index contributed by atoms with van der Waals surface area (Å²) >= 11 is 0. The molecule has 0 saturated carbocycles. The second-order valence-corrected chi connectivity index (χ2v) is 10.5. The van der Waals surface area contributed by atoms with Gasteiger partial charge in [-0.05, 0) is 57.2 Å². The largest absolute Gasteiger partial charge is 0.464 e. The van der Waals surface area contributed by atoms with Crippen LogP contribution in [0, 0.1) is 0 Å². The van der Waals surface area contributed by atoms with Gasteiger partial charge in [0.2, 0.25) is 0 Å². The van der Waals surface area contributed by atoms with Crippen molar-refractivity contribution in [1.29, 1.82) is 0 Å². The maximum Gasteiger partial charge on any atom is 0.139 e. The molecular weight excluding hydrogens is 492 g/mol. The summed E-state index contributed by atoms with van der Waals surface area (Å²) in [5.41, 5.74) is 7.08. The maximum absolute atomic E-state index is 6.77. The van der Waals surface area contributed by atoms with Crippen LogP contribution in [-0.4, -0.2) is 66.9 Å². The Hall–Kier alpha value is -3.86. The van der Waals surface area contributed by atoms with Crippen molar-refractivity contribution < 1.29 is 9.15 Å². The van der Waals surface area contributed by atoms with Crippen molar-refractivity contribution in [2.24, 2.45) is 7.05 Å². The number of hydrogen-bond donors (Lipinski definition) is 1. The van der Waals surface area contributed by atoms with Crippen molar-refractivity contribution in [3.8, 4) is 11.3 Å². The number of likely N-dealkylation sites (tertiary alicyclic amines) is 1. The maximum atomic E-state index is 6.77. The Morgan fingerprint density at radius 1 is 1.10 bits per heavy atom. The number of ether oxygens (including phenoxy) is 1. The van der Waals surface area contributed by atoms with Gasteiger partial charge in [-0.15, -0.1) is 5.10 Å². The third-order valence-electron chi connectivity index (χ3n) is 7.43. The lowest BCUT2D eigenvalue weighted by molar-refractivity contribution is -0.0555. The summed E-state index contributed by atoms with van der Waals surface area (Å²) in [4.78, 5) is 4.60. The first-order valence-electron chi connectivity index (χ1n) is 13.4. The number of aryl methyl sites for hydroxylation is 1. The SMILES string of the molecule is CN(C)Cc1n[nH]nc1CN1CCC[C@H](OCc2cc(-c3cnnn3C)cc3ccoc23)[C@@H]1c1ccccc1. The fourth-order valence-corrected chi connectivity index (χ4v) is 5.63. The molecule has 1 N–H and O–H groups in total. The smallest absolute Gasteiger partial charge is 0.139 e. The van der Waals surface area contributed by atoms with Crippen LogP contribution < -0.4 is 0 Å². The molecule has 2 aromatic carbocycles. The van der Waals surface area contributed by atoms with Gasteiger partial charge in [-0.3, -0.25) is 4.90 Å². The molecule has 1 saturated heterocycles. The number of rotatable bonds is 9. The molecule has 1 aliphatic rings. The van der Waals surface area contributed by atoms with E-state index < -0.39 is 0 Å². The number of H-pyrrole nitrogens is 1. The number of fused-ring (bicyclic) bond motifs is 1. The Morgan fingerprint density at radius 2 is 1.95 bits per heavy atom. The van der Waals surface area contributed by atoms with Gasteiger partial charge in [0.15, 0.2) is 0 Å². The first kappa shape index (κ1) is 25.4. The predicted octanol–water partition coefficient (Wildman–Crippen LogP) is 4.33. The quantitative estimate of drug-likeness (QED) is 0.303. The van der Waals surface area contributed by atoms with Gasteiger partial charge < -0.3 is 14.1 Å². The van der Waals surface area contributed by atoms with Crippen LogP contribution in [0.3, 0.4) is 0 Å². The topological polar surface area (TPSA) is 101 Å². The molecule has 10 nitrogen and oxygen atoms in total. The van der Waals surface area contributed by atoms with Crippen molar-refractivity contribution in [1.82, 2.24) is 40.2 Å². The van der Waals surface area contributed by atoms with Gasteiger partial charge in [0.05, 0.1) is 36.9 Å². The molecule has 0 bridgehead atoms. The molecule has 0 radical (unpaired) electrons. The minimum absolute atomic E-state index is 0.0115. The Morgan fingerprint density at radius 3 is 2.74 bits per heavy atom. The standard InChI is InChI=1S/C29H34N8O2/c1-35(2)17-24-25(32-33-31-24)18-37-12-7-10-27(28(37)20-8-5-4-6-9-20)39-19-23-15-22(26-16-30-34-36(26)3)14-21-11-13-38-29(21)23/h4-6,8-9,11,13-16,27-28H,7,10,12,17-19H2,1-3H3,(H,31,32,33)/t27-,28-/m0/s1. The van der Waals surface area contributed by atoms with E-state index in [0.29, 0.717) is 13.2 Å². The lowest BCUT2D eigenvalue weighted by atomic mass is 9.92. The molecule has 3 aromatic heterocycles. The summed E-state index contributed by atoms with van der Waals surface area (Å²) in [7, 11) is 6.00. The Kier molecular flexibility index (Phi) is 7.23. The van der Waals surface area contributed by atoms with Gasteiger partial charge >= 0.3 is 0 Å². The fourth-order valence-electron chi connectivity index (χ4n) is 5.63. The molecule has 2 atom stereocenters. The van der Waals surface area contributed by atoms with Crippen molar-refractivity contribution in [3.63, 3.8) is 0 Å². The number of hydrogen-bond acceptors (Lipinski definition) is 8. The van der Waals surface area contributed by atoms with Gasteiger partial charge in [-0.1, -0.05) is 35.5 Å². The molecular formula is C29H34N8O2. The second kappa shape index (κ2) is 11.1. The molecule has 6 rings (SSSR count). The van der Waals surface area contributed by atoms with E-state index >= 15 is 0 Å². The summed E-state index contributed by atoms with van der Waals surface area (Å²) in [6, 6.07) is 17.0. The van der Waals surface area contributed by atoms with Crippen molar-refractivity contribution >= 4 is 11.0 Å². The Bertz CT molecular complexity index is 1520. The number of furan rings is 1. The van der Waals surface area contributed by atoms with E-state index in [1.807, 2.05) is 27.2 Å². The molecule has 0 amide bonds. The average molecular weight is 527 g/mol. The summed E-state index contributed by atoms with van der Waals surface area (Å²) in [6.07, 6.45) is 5.55. The highest BCUT2D eigenvalue weighted by Crippen LogP contribution is 2.36. The molecule has 202 valence electrons. The van der Waals surface area contributed by atoms with Crippen molar-refractivity contribution in [3.05, 3.63) is 83.5 Å². The third-order valence-corrected chi connectivity index (χ3v) is 7.43. The van der Waals surface area contributed by atoms with Crippen LogP contribution in [0.4, 0.5) is 0 Å². The third kappa shape index (κ3) is 5.36. The van der Waals surface area contributed by atoms with Gasteiger partial charge in [0.25, 0.3) is 0 Å². The Labute approximate surface area is 227 Å². The zero-order valence-electron chi connectivity index (χ0n) is 22.6. The van der Waals surface area contributed by atoms with Crippen LogP contribution >= 0.6 is 0 Å². The summed E-state index contributed by atoms with van der Waals surface area (Å²) in [6.45, 7) is 2.88. The molecule has 4 heterocycles. The summed E-state index contributed by atoms with van der Waals surface area (Å²) < 4.78 is 14.4. The highest BCUT2D eigenvalue weighted by molar-refractivity contribution is 5.85. The highest BCUT2D eigenvalue weighted by Gasteiger charge is 2.34. The molecule has 10 heteroatoms. The van der Waals surface area contributed by atoms with Gasteiger partial charge in [0, 0.05) is 36.7 Å². The molecule has 1 aliphatic heterocycles. The van der Waals surface area contributed by atoms with Crippen LogP contribution in [-0.2, 0) is 31.5 Å². The van der Waals surface area contributed by atoms with E-state index in [2.05, 4.69) is 78.0 Å². The average Bonchev–Trinajstić information content (AvgIpc) is 3.69. The molecule has 0 unspecified atom stereocenters. The number of nitrogens with one attached hydrogen (secondary N) is 1. The molecule has 0 spiro atoms. The van der Waals surface area contributed by atoms with E-state index in [1.54, 1.807) is 17.1 Å². The second-order valence-electron chi connectivity index (χ2n) is 10.5. The molecule has 39 heavy (non-hydrogen) atoms. The highest BCUT2D eigenvalue weighted by atomic mass is 16.5. The van der Waals surface area contributed by atoms with Crippen LogP contribution in [0.1, 0.15) is 41.4 Å². The zero-order chi connectivity index (χ0) is 26.8. The number of aromatic nitrogens is 6. The zero-order valence-corrected chi connectivity index (χ0v) is 22.6. The minimum Gasteiger partial charge on any atom is -0.464 e. The number of nitrogens with zero attached hydrogens (tertiary/aromatic N) is 7. The first-order chi connectivity index (χ1) is 19.1. The van der Waals surface area contributed by atoms with Crippen molar-refractivity contribution in [2.45, 2.75) is 44.7 Å². The van der Waals surface area contributed by atoms with Gasteiger partial charge in [-0.2, -0.15) is 15.4 Å². The van der Waals surface area contributed by atoms with Crippen LogP contribution in [0.2, 0.25) is 0 Å². The van der Waals surface area contributed by atoms with Crippen molar-refractivity contribution in [2.75, 3.05) is 20.6 Å². The van der Waals surface area contributed by atoms with Gasteiger partial charge in [-0.25, -0.2) is 4.68 Å². The number of aromatic amines is 1. The molecule has 0 aliphatic carbocycles.